The Morgan fingerprint density at radius 3 is 3.12 bits per heavy atom. The van der Waals surface area contributed by atoms with E-state index >= 15 is 0 Å². The van der Waals surface area contributed by atoms with Crippen LogP contribution in [0.4, 0.5) is 0 Å². The van der Waals surface area contributed by atoms with Gasteiger partial charge in [-0.05, 0) is 41.9 Å². The normalized spacial score (nSPS) is 14.6. The summed E-state index contributed by atoms with van der Waals surface area (Å²) in [6, 6.07) is 6.76. The highest BCUT2D eigenvalue weighted by atomic mass is 32.2. The van der Waals surface area contributed by atoms with Crippen molar-refractivity contribution in [3.63, 3.8) is 0 Å². The molecular weight excluding hydrogens is 248 g/mol. The molecular formula is C13H14N2S2. The maximum atomic E-state index is 5.60. The number of fused-ring (bicyclic) bond motifs is 1. The lowest BCUT2D eigenvalue weighted by Gasteiger charge is -2.15. The van der Waals surface area contributed by atoms with Crippen LogP contribution in [-0.2, 0) is 13.0 Å². The molecule has 0 saturated heterocycles. The molecule has 17 heavy (non-hydrogen) atoms. The minimum Gasteiger partial charge on any atom is -0.325 e. The van der Waals surface area contributed by atoms with Crippen molar-refractivity contribution < 1.29 is 0 Å². The highest BCUT2D eigenvalue weighted by Gasteiger charge is 2.11. The highest BCUT2D eigenvalue weighted by molar-refractivity contribution is 7.99. The van der Waals surface area contributed by atoms with Crippen LogP contribution in [0.1, 0.15) is 17.0 Å². The van der Waals surface area contributed by atoms with Crippen molar-refractivity contribution in [1.29, 1.82) is 0 Å². The van der Waals surface area contributed by atoms with E-state index in [-0.39, 0.29) is 0 Å². The van der Waals surface area contributed by atoms with E-state index < -0.39 is 0 Å². The third-order valence-electron chi connectivity index (χ3n) is 2.92. The fourth-order valence-electron chi connectivity index (χ4n) is 2.05. The lowest BCUT2D eigenvalue weighted by molar-refractivity contribution is 0.890. The van der Waals surface area contributed by atoms with E-state index in [1.165, 1.54) is 39.5 Å². The van der Waals surface area contributed by atoms with Crippen LogP contribution in [0.3, 0.4) is 0 Å². The van der Waals surface area contributed by atoms with Crippen LogP contribution in [0.15, 0.2) is 29.3 Å². The van der Waals surface area contributed by atoms with Crippen LogP contribution in [0.5, 0.6) is 0 Å². The summed E-state index contributed by atoms with van der Waals surface area (Å²) in [5.74, 6) is 1.25. The van der Waals surface area contributed by atoms with Crippen molar-refractivity contribution >= 4 is 23.1 Å². The van der Waals surface area contributed by atoms with Gasteiger partial charge in [0.1, 0.15) is 5.01 Å². The van der Waals surface area contributed by atoms with Gasteiger partial charge in [0.15, 0.2) is 0 Å². The molecule has 0 spiro atoms. The number of rotatable bonds is 2. The number of aryl methyl sites for hydroxylation is 1. The van der Waals surface area contributed by atoms with Gasteiger partial charge in [-0.2, -0.15) is 0 Å². The smallest absolute Gasteiger partial charge is 0.107 e. The quantitative estimate of drug-likeness (QED) is 0.902. The number of nitrogens with two attached hydrogens (primary N) is 1. The molecule has 0 fully saturated rings. The van der Waals surface area contributed by atoms with Gasteiger partial charge in [0.2, 0.25) is 0 Å². The summed E-state index contributed by atoms with van der Waals surface area (Å²) < 4.78 is 0. The Morgan fingerprint density at radius 2 is 2.29 bits per heavy atom. The SMILES string of the molecule is NCc1ncc(-c2ccc3c(c2)CCCS3)s1. The zero-order chi connectivity index (χ0) is 11.7. The summed E-state index contributed by atoms with van der Waals surface area (Å²) in [5, 5.41) is 1.01. The standard InChI is InChI=1S/C13H14N2S2/c14-7-13-15-8-12(17-13)10-3-4-11-9(6-10)2-1-5-16-11/h3-4,6,8H,1-2,5,7,14H2. The van der Waals surface area contributed by atoms with E-state index in [0.29, 0.717) is 6.54 Å². The van der Waals surface area contributed by atoms with Gasteiger partial charge in [-0.3, -0.25) is 0 Å². The Bertz CT molecular complexity index is 534. The first-order chi connectivity index (χ1) is 8.36. The fourth-order valence-corrected chi connectivity index (χ4v) is 3.86. The number of aromatic nitrogens is 1. The van der Waals surface area contributed by atoms with Gasteiger partial charge in [0, 0.05) is 17.6 Å². The van der Waals surface area contributed by atoms with Crippen LogP contribution < -0.4 is 5.73 Å². The van der Waals surface area contributed by atoms with Crippen molar-refractivity contribution in [3.05, 3.63) is 35.0 Å². The van der Waals surface area contributed by atoms with Crippen molar-refractivity contribution in [1.82, 2.24) is 4.98 Å². The molecule has 0 bridgehead atoms. The molecule has 2 N–H and O–H groups in total. The molecule has 2 heterocycles. The van der Waals surface area contributed by atoms with Gasteiger partial charge in [-0.1, -0.05) is 6.07 Å². The van der Waals surface area contributed by atoms with Crippen LogP contribution in [0.25, 0.3) is 10.4 Å². The molecule has 0 saturated carbocycles. The van der Waals surface area contributed by atoms with Crippen molar-refractivity contribution in [2.24, 2.45) is 5.73 Å². The Kier molecular flexibility index (Phi) is 3.18. The van der Waals surface area contributed by atoms with Gasteiger partial charge >= 0.3 is 0 Å². The minimum absolute atomic E-state index is 0.533. The molecule has 0 aliphatic carbocycles. The van der Waals surface area contributed by atoms with E-state index in [2.05, 4.69) is 23.2 Å². The first kappa shape index (κ1) is 11.3. The monoisotopic (exact) mass is 262 g/mol. The molecule has 0 unspecified atom stereocenters. The number of thiazole rings is 1. The summed E-state index contributed by atoms with van der Waals surface area (Å²) in [6.07, 6.45) is 4.43. The van der Waals surface area contributed by atoms with E-state index in [9.17, 15) is 0 Å². The molecule has 0 amide bonds. The van der Waals surface area contributed by atoms with Crippen molar-refractivity contribution in [3.8, 4) is 10.4 Å². The first-order valence-electron chi connectivity index (χ1n) is 5.77. The second-order valence-corrected chi connectivity index (χ2v) is 6.35. The zero-order valence-electron chi connectivity index (χ0n) is 9.48. The molecule has 88 valence electrons. The summed E-state index contributed by atoms with van der Waals surface area (Å²) in [6.45, 7) is 0.533. The number of hydrogen-bond donors (Lipinski definition) is 1. The molecule has 0 radical (unpaired) electrons. The first-order valence-corrected chi connectivity index (χ1v) is 7.58. The van der Waals surface area contributed by atoms with E-state index in [0.717, 1.165) is 5.01 Å². The van der Waals surface area contributed by atoms with Crippen LogP contribution >= 0.6 is 23.1 Å². The maximum absolute atomic E-state index is 5.60. The molecule has 2 aromatic rings. The average molecular weight is 262 g/mol. The lowest BCUT2D eigenvalue weighted by atomic mass is 10.1. The van der Waals surface area contributed by atoms with E-state index in [1.54, 1.807) is 11.3 Å². The molecule has 1 aromatic heterocycles. The molecule has 4 heteroatoms. The molecule has 3 rings (SSSR count). The third-order valence-corrected chi connectivity index (χ3v) is 5.19. The molecule has 1 aliphatic rings. The molecule has 2 nitrogen and oxygen atoms in total. The van der Waals surface area contributed by atoms with Gasteiger partial charge in [0.25, 0.3) is 0 Å². The van der Waals surface area contributed by atoms with Gasteiger partial charge in [0.05, 0.1) is 4.88 Å². The zero-order valence-corrected chi connectivity index (χ0v) is 11.1. The van der Waals surface area contributed by atoms with Gasteiger partial charge in [-0.25, -0.2) is 4.98 Å². The van der Waals surface area contributed by atoms with Crippen LogP contribution in [-0.4, -0.2) is 10.7 Å². The third kappa shape index (κ3) is 2.25. The Morgan fingerprint density at radius 1 is 1.35 bits per heavy atom. The average Bonchev–Trinajstić information content (AvgIpc) is 2.87. The number of thioether (sulfide) groups is 1. The van der Waals surface area contributed by atoms with Crippen molar-refractivity contribution in [2.75, 3.05) is 5.75 Å². The predicted molar refractivity (Wildman–Crippen MR) is 74.5 cm³/mol. The largest absolute Gasteiger partial charge is 0.325 e. The van der Waals surface area contributed by atoms with E-state index in [1.807, 2.05) is 18.0 Å². The van der Waals surface area contributed by atoms with Gasteiger partial charge in [-0.15, -0.1) is 23.1 Å². The lowest BCUT2D eigenvalue weighted by Crippen LogP contribution is -1.97. The Hall–Kier alpha value is -0.840. The van der Waals surface area contributed by atoms with E-state index in [4.69, 9.17) is 5.73 Å². The molecule has 0 atom stereocenters. The number of benzene rings is 1. The molecule has 1 aromatic carbocycles. The second-order valence-electron chi connectivity index (χ2n) is 4.10. The highest BCUT2D eigenvalue weighted by Crippen LogP contribution is 2.34. The van der Waals surface area contributed by atoms with Crippen molar-refractivity contribution in [2.45, 2.75) is 24.3 Å². The predicted octanol–water partition coefficient (Wildman–Crippen LogP) is 3.31. The Balaban J connectivity index is 1.97. The molecule has 1 aliphatic heterocycles. The van der Waals surface area contributed by atoms with Gasteiger partial charge < -0.3 is 5.73 Å². The topological polar surface area (TPSA) is 38.9 Å². The van der Waals surface area contributed by atoms with Crippen LogP contribution in [0.2, 0.25) is 0 Å². The summed E-state index contributed by atoms with van der Waals surface area (Å²) in [7, 11) is 0. The summed E-state index contributed by atoms with van der Waals surface area (Å²) in [4.78, 5) is 6.98. The maximum Gasteiger partial charge on any atom is 0.107 e. The summed E-state index contributed by atoms with van der Waals surface area (Å²) in [5.41, 5.74) is 8.37. The number of nitrogens with zero attached hydrogens (tertiary/aromatic N) is 1. The Labute approximate surface area is 109 Å². The summed E-state index contributed by atoms with van der Waals surface area (Å²) >= 11 is 3.66. The second kappa shape index (κ2) is 4.80. The minimum atomic E-state index is 0.533. The fraction of sp³-hybridized carbons (Fsp3) is 0.308. The van der Waals surface area contributed by atoms with Crippen LogP contribution in [0, 0.1) is 0 Å². The number of hydrogen-bond acceptors (Lipinski definition) is 4.